The number of thiazole rings is 1. The standard InChI is InChI=1S/C20H25N3O5S3/c1-3-28-18(24)12-16-13-29-20(22-16)30-14(2)19(25)21-15-6-8-17(9-7-15)31(26,27)23-10-4-5-11-23/h6-9,13-14H,3-5,10-12H2,1-2H3,(H,21,25). The molecule has 1 unspecified atom stereocenters. The van der Waals surface area contributed by atoms with Gasteiger partial charge >= 0.3 is 5.97 Å². The highest BCUT2D eigenvalue weighted by molar-refractivity contribution is 8.02. The summed E-state index contributed by atoms with van der Waals surface area (Å²) in [6, 6.07) is 6.23. The van der Waals surface area contributed by atoms with E-state index in [2.05, 4.69) is 10.3 Å². The lowest BCUT2D eigenvalue weighted by Crippen LogP contribution is -2.27. The maximum atomic E-state index is 12.6. The molecule has 0 radical (unpaired) electrons. The number of aromatic nitrogens is 1. The van der Waals surface area contributed by atoms with Crippen molar-refractivity contribution in [1.82, 2.24) is 9.29 Å². The zero-order valence-electron chi connectivity index (χ0n) is 17.4. The summed E-state index contributed by atoms with van der Waals surface area (Å²) in [5.41, 5.74) is 1.15. The Labute approximate surface area is 190 Å². The van der Waals surface area contributed by atoms with Crippen LogP contribution in [0, 0.1) is 0 Å². The number of amides is 1. The van der Waals surface area contributed by atoms with Crippen LogP contribution in [0.25, 0.3) is 0 Å². The molecule has 1 aliphatic heterocycles. The number of nitrogens with one attached hydrogen (secondary N) is 1. The Kier molecular flexibility index (Phi) is 8.09. The Morgan fingerprint density at radius 2 is 1.94 bits per heavy atom. The predicted molar refractivity (Wildman–Crippen MR) is 121 cm³/mol. The highest BCUT2D eigenvalue weighted by Crippen LogP contribution is 2.28. The fourth-order valence-corrected chi connectivity index (χ4v) is 6.52. The zero-order valence-corrected chi connectivity index (χ0v) is 19.8. The lowest BCUT2D eigenvalue weighted by molar-refractivity contribution is -0.142. The van der Waals surface area contributed by atoms with E-state index >= 15 is 0 Å². The summed E-state index contributed by atoms with van der Waals surface area (Å²) in [4.78, 5) is 28.7. The molecule has 31 heavy (non-hydrogen) atoms. The number of ether oxygens (including phenoxy) is 1. The van der Waals surface area contributed by atoms with Gasteiger partial charge in [0.25, 0.3) is 0 Å². The molecule has 0 aliphatic carbocycles. The molecule has 168 valence electrons. The molecule has 0 spiro atoms. The molecule has 1 N–H and O–H groups in total. The van der Waals surface area contributed by atoms with Gasteiger partial charge in [0.15, 0.2) is 4.34 Å². The van der Waals surface area contributed by atoms with Gasteiger partial charge in [0.05, 0.1) is 28.9 Å². The lowest BCUT2D eigenvalue weighted by Gasteiger charge is -2.16. The second kappa shape index (κ2) is 10.6. The van der Waals surface area contributed by atoms with Gasteiger partial charge in [-0.1, -0.05) is 11.8 Å². The smallest absolute Gasteiger partial charge is 0.311 e. The summed E-state index contributed by atoms with van der Waals surface area (Å²) in [5.74, 6) is -0.548. The van der Waals surface area contributed by atoms with Crippen LogP contribution in [-0.2, 0) is 30.8 Å². The summed E-state index contributed by atoms with van der Waals surface area (Å²) >= 11 is 2.67. The van der Waals surface area contributed by atoms with Crippen LogP contribution in [-0.4, -0.2) is 54.5 Å². The third-order valence-electron chi connectivity index (χ3n) is 4.63. The first-order valence-corrected chi connectivity index (χ1v) is 13.2. The summed E-state index contributed by atoms with van der Waals surface area (Å²) in [6.45, 7) is 4.94. The number of anilines is 1. The van der Waals surface area contributed by atoms with Crippen LogP contribution in [0.15, 0.2) is 38.9 Å². The van der Waals surface area contributed by atoms with Crippen LogP contribution in [0.5, 0.6) is 0 Å². The van der Waals surface area contributed by atoms with E-state index in [1.54, 1.807) is 31.4 Å². The molecule has 1 atom stereocenters. The molecule has 1 aromatic heterocycles. The number of rotatable bonds is 9. The van der Waals surface area contributed by atoms with E-state index in [-0.39, 0.29) is 23.2 Å². The second-order valence-corrected chi connectivity index (χ2v) is 11.4. The maximum Gasteiger partial charge on any atom is 0.311 e. The maximum absolute atomic E-state index is 12.6. The zero-order chi connectivity index (χ0) is 22.4. The van der Waals surface area contributed by atoms with Crippen molar-refractivity contribution < 1.29 is 22.7 Å². The number of nitrogens with zero attached hydrogens (tertiary/aromatic N) is 2. The summed E-state index contributed by atoms with van der Waals surface area (Å²) < 4.78 is 32.3. The Morgan fingerprint density at radius 3 is 2.58 bits per heavy atom. The number of carbonyl (C=O) groups excluding carboxylic acids is 2. The first-order chi connectivity index (χ1) is 14.8. The molecular formula is C20H25N3O5S3. The third-order valence-corrected chi connectivity index (χ3v) is 8.67. The monoisotopic (exact) mass is 483 g/mol. The topological polar surface area (TPSA) is 106 Å². The van der Waals surface area contributed by atoms with Gasteiger partial charge in [-0.15, -0.1) is 11.3 Å². The normalized spacial score (nSPS) is 15.5. The Hall–Kier alpha value is -1.95. The fourth-order valence-electron chi connectivity index (χ4n) is 3.02. The Bertz CT molecular complexity index is 1010. The fraction of sp³-hybridized carbons (Fsp3) is 0.450. The average molecular weight is 484 g/mol. The van der Waals surface area contributed by atoms with Crippen molar-refractivity contribution in [3.8, 4) is 0 Å². The number of sulfonamides is 1. The molecule has 1 aromatic carbocycles. The first-order valence-electron chi connectivity index (χ1n) is 9.97. The molecular weight excluding hydrogens is 458 g/mol. The minimum Gasteiger partial charge on any atom is -0.466 e. The first kappa shape index (κ1) is 23.7. The number of esters is 1. The van der Waals surface area contributed by atoms with E-state index in [1.165, 1.54) is 39.5 Å². The van der Waals surface area contributed by atoms with Crippen molar-refractivity contribution >= 4 is 50.7 Å². The van der Waals surface area contributed by atoms with Gasteiger partial charge in [-0.3, -0.25) is 9.59 Å². The highest BCUT2D eigenvalue weighted by atomic mass is 32.2. The van der Waals surface area contributed by atoms with Crippen LogP contribution < -0.4 is 5.32 Å². The molecule has 0 bridgehead atoms. The van der Waals surface area contributed by atoms with E-state index in [0.29, 0.717) is 35.4 Å². The van der Waals surface area contributed by atoms with Gasteiger partial charge < -0.3 is 10.1 Å². The van der Waals surface area contributed by atoms with Crippen molar-refractivity contribution in [1.29, 1.82) is 0 Å². The van der Waals surface area contributed by atoms with Crippen LogP contribution in [0.1, 0.15) is 32.4 Å². The number of hydrogen-bond donors (Lipinski definition) is 1. The molecule has 11 heteroatoms. The quantitative estimate of drug-likeness (QED) is 0.431. The van der Waals surface area contributed by atoms with Gasteiger partial charge in [-0.05, 0) is 51.0 Å². The van der Waals surface area contributed by atoms with Crippen LogP contribution >= 0.6 is 23.1 Å². The SMILES string of the molecule is CCOC(=O)Cc1csc(SC(C)C(=O)Nc2ccc(S(=O)(=O)N3CCCC3)cc2)n1. The number of thioether (sulfide) groups is 1. The van der Waals surface area contributed by atoms with E-state index in [0.717, 1.165) is 12.8 Å². The van der Waals surface area contributed by atoms with E-state index in [1.807, 2.05) is 0 Å². The van der Waals surface area contributed by atoms with Crippen LogP contribution in [0.2, 0.25) is 0 Å². The second-order valence-electron chi connectivity index (χ2n) is 6.97. The van der Waals surface area contributed by atoms with Crippen LogP contribution in [0.4, 0.5) is 5.69 Å². The Balaban J connectivity index is 1.55. The Morgan fingerprint density at radius 1 is 1.26 bits per heavy atom. The average Bonchev–Trinajstić information content (AvgIpc) is 3.41. The summed E-state index contributed by atoms with van der Waals surface area (Å²) in [5, 5.41) is 4.16. The minimum absolute atomic E-state index is 0.109. The van der Waals surface area contributed by atoms with Crippen molar-refractivity contribution in [3.05, 3.63) is 35.3 Å². The molecule has 0 saturated carbocycles. The molecule has 1 fully saturated rings. The van der Waals surface area contributed by atoms with Gasteiger partial charge in [-0.2, -0.15) is 4.31 Å². The third kappa shape index (κ3) is 6.28. The van der Waals surface area contributed by atoms with E-state index < -0.39 is 15.3 Å². The lowest BCUT2D eigenvalue weighted by atomic mass is 10.3. The van der Waals surface area contributed by atoms with Gasteiger partial charge in [-0.25, -0.2) is 13.4 Å². The molecule has 3 rings (SSSR count). The molecule has 2 heterocycles. The molecule has 2 aromatic rings. The van der Waals surface area contributed by atoms with Crippen molar-refractivity contribution in [2.45, 2.75) is 47.6 Å². The summed E-state index contributed by atoms with van der Waals surface area (Å²) in [7, 11) is -3.47. The van der Waals surface area contributed by atoms with Gasteiger partial charge in [0.2, 0.25) is 15.9 Å². The van der Waals surface area contributed by atoms with Gasteiger partial charge in [0.1, 0.15) is 0 Å². The number of benzene rings is 1. The van der Waals surface area contributed by atoms with Crippen molar-refractivity contribution in [2.24, 2.45) is 0 Å². The predicted octanol–water partition coefficient (Wildman–Crippen LogP) is 3.15. The number of hydrogen-bond acceptors (Lipinski definition) is 8. The molecule has 1 saturated heterocycles. The number of carbonyl (C=O) groups is 2. The summed E-state index contributed by atoms with van der Waals surface area (Å²) in [6.07, 6.45) is 1.87. The van der Waals surface area contributed by atoms with E-state index in [4.69, 9.17) is 4.74 Å². The molecule has 1 amide bonds. The van der Waals surface area contributed by atoms with Crippen molar-refractivity contribution in [3.63, 3.8) is 0 Å². The largest absolute Gasteiger partial charge is 0.466 e. The molecule has 8 nitrogen and oxygen atoms in total. The van der Waals surface area contributed by atoms with E-state index in [9.17, 15) is 18.0 Å². The van der Waals surface area contributed by atoms with Crippen molar-refractivity contribution in [2.75, 3.05) is 25.0 Å². The highest BCUT2D eigenvalue weighted by Gasteiger charge is 2.27. The minimum atomic E-state index is -3.47. The van der Waals surface area contributed by atoms with Gasteiger partial charge in [0, 0.05) is 24.2 Å². The van der Waals surface area contributed by atoms with Crippen LogP contribution in [0.3, 0.4) is 0 Å². The molecule has 1 aliphatic rings.